The molecule has 0 aliphatic carbocycles. The number of hydrogen-bond acceptors (Lipinski definition) is 4. The van der Waals surface area contributed by atoms with Crippen molar-refractivity contribution >= 4 is 11.5 Å². The molecule has 0 aromatic carbocycles. The van der Waals surface area contributed by atoms with Crippen LogP contribution in [0, 0.1) is 0 Å². The van der Waals surface area contributed by atoms with Crippen molar-refractivity contribution in [3.05, 3.63) is 36.5 Å². The maximum absolute atomic E-state index is 4.39. The lowest BCUT2D eigenvalue weighted by molar-refractivity contribution is 0.560. The van der Waals surface area contributed by atoms with Crippen LogP contribution in [-0.4, -0.2) is 27.6 Å². The largest absolute Gasteiger partial charge is 0.370 e. The second-order valence-corrected chi connectivity index (χ2v) is 4.78. The highest BCUT2D eigenvalue weighted by atomic mass is 15.2. The Morgan fingerprint density at radius 3 is 3.11 bits per heavy atom. The molecule has 0 spiro atoms. The van der Waals surface area contributed by atoms with Crippen molar-refractivity contribution in [2.45, 2.75) is 26.4 Å². The fraction of sp³-hybridized carbons (Fsp3) is 0.429. The second kappa shape index (κ2) is 5.30. The van der Waals surface area contributed by atoms with Crippen LogP contribution in [0.4, 0.5) is 11.5 Å². The molecule has 0 unspecified atom stereocenters. The van der Waals surface area contributed by atoms with Gasteiger partial charge in [0.1, 0.15) is 11.6 Å². The maximum atomic E-state index is 4.39. The number of aromatic nitrogens is 3. The van der Waals surface area contributed by atoms with E-state index in [4.69, 9.17) is 0 Å². The molecule has 3 heterocycles. The predicted octanol–water partition coefficient (Wildman–Crippen LogP) is 2.12. The minimum atomic E-state index is 0.865. The molecular formula is C14H19N5. The van der Waals surface area contributed by atoms with E-state index in [0.29, 0.717) is 0 Å². The van der Waals surface area contributed by atoms with E-state index in [1.807, 2.05) is 18.6 Å². The summed E-state index contributed by atoms with van der Waals surface area (Å²) >= 11 is 0. The molecule has 19 heavy (non-hydrogen) atoms. The van der Waals surface area contributed by atoms with Gasteiger partial charge in [0.15, 0.2) is 0 Å². The Labute approximate surface area is 113 Å². The molecular weight excluding hydrogens is 238 g/mol. The standard InChI is InChI=1S/C14H19N5/c1-2-4-15-13-10-12(3-5-16-13)19-9-8-18-7-6-17-14(18)11-19/h3,5-7,10H,2,4,8-9,11H2,1H3,(H,15,16). The summed E-state index contributed by atoms with van der Waals surface area (Å²) in [6.45, 7) is 5.99. The first-order valence-corrected chi connectivity index (χ1v) is 6.81. The Kier molecular flexibility index (Phi) is 3.35. The Morgan fingerprint density at radius 1 is 1.26 bits per heavy atom. The van der Waals surface area contributed by atoms with Gasteiger partial charge in [-0.15, -0.1) is 0 Å². The number of nitrogens with one attached hydrogen (secondary N) is 1. The highest BCUT2D eigenvalue weighted by Crippen LogP contribution is 2.21. The molecule has 1 aliphatic heterocycles. The molecule has 0 radical (unpaired) electrons. The van der Waals surface area contributed by atoms with Crippen molar-refractivity contribution in [2.24, 2.45) is 0 Å². The van der Waals surface area contributed by atoms with Crippen molar-refractivity contribution in [1.29, 1.82) is 0 Å². The zero-order valence-electron chi connectivity index (χ0n) is 11.2. The topological polar surface area (TPSA) is 46.0 Å². The van der Waals surface area contributed by atoms with Crippen LogP contribution in [0.1, 0.15) is 19.2 Å². The van der Waals surface area contributed by atoms with Gasteiger partial charge in [-0.1, -0.05) is 6.92 Å². The third-order valence-corrected chi connectivity index (χ3v) is 3.41. The number of hydrogen-bond donors (Lipinski definition) is 1. The summed E-state index contributed by atoms with van der Waals surface area (Å²) in [6.07, 6.45) is 6.90. The van der Waals surface area contributed by atoms with Crippen LogP contribution >= 0.6 is 0 Å². The molecule has 100 valence electrons. The second-order valence-electron chi connectivity index (χ2n) is 4.78. The summed E-state index contributed by atoms with van der Waals surface area (Å²) in [5.41, 5.74) is 1.21. The van der Waals surface area contributed by atoms with Crippen LogP contribution in [0.25, 0.3) is 0 Å². The van der Waals surface area contributed by atoms with Gasteiger partial charge >= 0.3 is 0 Å². The normalized spacial score (nSPS) is 14.3. The number of nitrogens with zero attached hydrogens (tertiary/aromatic N) is 4. The van der Waals surface area contributed by atoms with E-state index in [-0.39, 0.29) is 0 Å². The number of pyridine rings is 1. The Hall–Kier alpha value is -2.04. The van der Waals surface area contributed by atoms with Crippen molar-refractivity contribution in [2.75, 3.05) is 23.3 Å². The van der Waals surface area contributed by atoms with E-state index in [2.05, 4.69) is 43.8 Å². The molecule has 1 N–H and O–H groups in total. The van der Waals surface area contributed by atoms with Gasteiger partial charge in [-0.25, -0.2) is 9.97 Å². The fourth-order valence-corrected chi connectivity index (χ4v) is 2.36. The molecule has 5 heteroatoms. The van der Waals surface area contributed by atoms with Crippen LogP contribution in [0.15, 0.2) is 30.7 Å². The number of anilines is 2. The van der Waals surface area contributed by atoms with Crippen LogP contribution in [-0.2, 0) is 13.1 Å². The number of rotatable bonds is 4. The molecule has 5 nitrogen and oxygen atoms in total. The van der Waals surface area contributed by atoms with Gasteiger partial charge in [0.05, 0.1) is 6.54 Å². The minimum absolute atomic E-state index is 0.865. The van der Waals surface area contributed by atoms with Gasteiger partial charge in [-0.05, 0) is 12.5 Å². The van der Waals surface area contributed by atoms with E-state index < -0.39 is 0 Å². The summed E-state index contributed by atoms with van der Waals surface area (Å²) in [6, 6.07) is 4.18. The van der Waals surface area contributed by atoms with Crippen LogP contribution < -0.4 is 10.2 Å². The third kappa shape index (κ3) is 2.54. The van der Waals surface area contributed by atoms with E-state index in [1.165, 1.54) is 5.69 Å². The monoisotopic (exact) mass is 257 g/mol. The Balaban J connectivity index is 1.76. The zero-order chi connectivity index (χ0) is 13.1. The van der Waals surface area contributed by atoms with Crippen LogP contribution in [0.2, 0.25) is 0 Å². The van der Waals surface area contributed by atoms with Crippen molar-refractivity contribution in [3.63, 3.8) is 0 Å². The van der Waals surface area contributed by atoms with E-state index in [9.17, 15) is 0 Å². The fourth-order valence-electron chi connectivity index (χ4n) is 2.36. The summed E-state index contributed by atoms with van der Waals surface area (Å²) in [5.74, 6) is 2.08. The van der Waals surface area contributed by atoms with E-state index in [0.717, 1.165) is 44.2 Å². The lowest BCUT2D eigenvalue weighted by Crippen LogP contribution is -2.33. The molecule has 0 fully saturated rings. The van der Waals surface area contributed by atoms with Crippen molar-refractivity contribution < 1.29 is 0 Å². The first kappa shape index (κ1) is 12.0. The first-order chi connectivity index (χ1) is 9.36. The Morgan fingerprint density at radius 2 is 2.21 bits per heavy atom. The molecule has 1 aliphatic rings. The van der Waals surface area contributed by atoms with Crippen molar-refractivity contribution in [3.8, 4) is 0 Å². The average molecular weight is 257 g/mol. The summed E-state index contributed by atoms with van der Waals surface area (Å²) in [5, 5.41) is 3.33. The van der Waals surface area contributed by atoms with Gasteiger partial charge in [-0.2, -0.15) is 0 Å². The quantitative estimate of drug-likeness (QED) is 0.911. The molecule has 3 rings (SSSR count). The highest BCUT2D eigenvalue weighted by Gasteiger charge is 2.17. The first-order valence-electron chi connectivity index (χ1n) is 6.81. The summed E-state index contributed by atoms with van der Waals surface area (Å²) in [4.78, 5) is 11.1. The molecule has 0 saturated carbocycles. The maximum Gasteiger partial charge on any atom is 0.128 e. The summed E-state index contributed by atoms with van der Waals surface area (Å²) < 4.78 is 2.22. The smallest absolute Gasteiger partial charge is 0.128 e. The number of fused-ring (bicyclic) bond motifs is 1. The molecule has 2 aromatic heterocycles. The van der Waals surface area contributed by atoms with Crippen LogP contribution in [0.5, 0.6) is 0 Å². The molecule has 0 saturated heterocycles. The van der Waals surface area contributed by atoms with E-state index in [1.54, 1.807) is 0 Å². The van der Waals surface area contributed by atoms with Gasteiger partial charge in [0.2, 0.25) is 0 Å². The molecule has 0 amide bonds. The van der Waals surface area contributed by atoms with Crippen molar-refractivity contribution in [1.82, 2.24) is 14.5 Å². The molecule has 2 aromatic rings. The van der Waals surface area contributed by atoms with Gasteiger partial charge in [-0.3, -0.25) is 0 Å². The average Bonchev–Trinajstić information content (AvgIpc) is 2.92. The van der Waals surface area contributed by atoms with Gasteiger partial charge in [0, 0.05) is 50.0 Å². The predicted molar refractivity (Wildman–Crippen MR) is 76.3 cm³/mol. The number of imidazole rings is 1. The van der Waals surface area contributed by atoms with Gasteiger partial charge < -0.3 is 14.8 Å². The lowest BCUT2D eigenvalue weighted by atomic mass is 10.3. The lowest BCUT2D eigenvalue weighted by Gasteiger charge is -2.29. The molecule has 0 bridgehead atoms. The van der Waals surface area contributed by atoms with E-state index >= 15 is 0 Å². The molecule has 0 atom stereocenters. The zero-order valence-corrected chi connectivity index (χ0v) is 11.2. The highest BCUT2D eigenvalue weighted by molar-refractivity contribution is 5.54. The van der Waals surface area contributed by atoms with Crippen LogP contribution in [0.3, 0.4) is 0 Å². The minimum Gasteiger partial charge on any atom is -0.370 e. The Bertz CT molecular complexity index is 548. The summed E-state index contributed by atoms with van der Waals surface area (Å²) in [7, 11) is 0. The third-order valence-electron chi connectivity index (χ3n) is 3.41. The SMILES string of the molecule is CCCNc1cc(N2CCn3ccnc3C2)ccn1. The van der Waals surface area contributed by atoms with Gasteiger partial charge in [0.25, 0.3) is 0 Å².